The first kappa shape index (κ1) is 20.1. The van der Waals surface area contributed by atoms with Crippen molar-refractivity contribution >= 4 is 29.3 Å². The van der Waals surface area contributed by atoms with Crippen LogP contribution in [0.4, 0.5) is 5.69 Å². The molecule has 1 aliphatic heterocycles. The lowest BCUT2D eigenvalue weighted by Gasteiger charge is -2.23. The van der Waals surface area contributed by atoms with E-state index in [1.807, 2.05) is 45.0 Å². The van der Waals surface area contributed by atoms with Crippen molar-refractivity contribution in [3.05, 3.63) is 65.0 Å². The number of carbonyl (C=O) groups is 2. The molecule has 1 aliphatic rings. The average Bonchev–Trinajstić information content (AvgIpc) is 3.42. The molecule has 0 saturated carbocycles. The lowest BCUT2D eigenvalue weighted by atomic mass is 10.1. The van der Waals surface area contributed by atoms with Crippen molar-refractivity contribution in [3.8, 4) is 5.69 Å². The van der Waals surface area contributed by atoms with Gasteiger partial charge in [0.2, 0.25) is 5.91 Å². The number of nitrogens with zero attached hydrogens (tertiary/aromatic N) is 5. The number of nitrogens with one attached hydrogen (secondary N) is 1. The van der Waals surface area contributed by atoms with Crippen LogP contribution in [0.2, 0.25) is 0 Å². The molecule has 2 aromatic carbocycles. The van der Waals surface area contributed by atoms with Crippen LogP contribution in [-0.4, -0.2) is 54.6 Å². The molecule has 0 aliphatic carbocycles. The number of aromatic nitrogens is 4. The molecule has 9 heteroatoms. The fourth-order valence-electron chi connectivity index (χ4n) is 3.39. The minimum absolute atomic E-state index is 0.161. The molecule has 4 rings (SSSR count). The van der Waals surface area contributed by atoms with Crippen molar-refractivity contribution in [2.75, 3.05) is 16.9 Å². The van der Waals surface area contributed by atoms with Gasteiger partial charge in [0.25, 0.3) is 5.91 Å². The Morgan fingerprint density at radius 2 is 1.90 bits per heavy atom. The van der Waals surface area contributed by atoms with Crippen molar-refractivity contribution in [1.29, 1.82) is 0 Å². The van der Waals surface area contributed by atoms with E-state index < -0.39 is 6.04 Å². The summed E-state index contributed by atoms with van der Waals surface area (Å²) >= 11 is 1.58. The third-order valence-corrected chi connectivity index (χ3v) is 6.27. The number of amides is 2. The molecular formula is C21H22N6O2S. The Morgan fingerprint density at radius 1 is 1.07 bits per heavy atom. The number of thioether (sulfide) groups is 1. The van der Waals surface area contributed by atoms with E-state index >= 15 is 0 Å². The van der Waals surface area contributed by atoms with Gasteiger partial charge in [-0.1, -0.05) is 6.07 Å². The van der Waals surface area contributed by atoms with Gasteiger partial charge in [0.05, 0.1) is 11.6 Å². The second-order valence-electron chi connectivity index (χ2n) is 7.33. The highest BCUT2D eigenvalue weighted by Gasteiger charge is 2.35. The summed E-state index contributed by atoms with van der Waals surface area (Å²) in [6.07, 6.45) is 1.51. The van der Waals surface area contributed by atoms with E-state index in [-0.39, 0.29) is 11.8 Å². The second-order valence-corrected chi connectivity index (χ2v) is 8.33. The van der Waals surface area contributed by atoms with Gasteiger partial charge in [0.1, 0.15) is 12.4 Å². The molecule has 3 aromatic rings. The first-order valence-electron chi connectivity index (χ1n) is 9.55. The fourth-order valence-corrected chi connectivity index (χ4v) is 4.54. The first-order chi connectivity index (χ1) is 14.4. The minimum atomic E-state index is -0.511. The van der Waals surface area contributed by atoms with Crippen LogP contribution >= 0.6 is 11.8 Å². The molecule has 154 valence electrons. The Kier molecular flexibility index (Phi) is 5.54. The molecule has 30 heavy (non-hydrogen) atoms. The fraction of sp³-hybridized carbons (Fsp3) is 0.286. The topological polar surface area (TPSA) is 93.0 Å². The maximum absolute atomic E-state index is 13.1. The van der Waals surface area contributed by atoms with Gasteiger partial charge in [-0.2, -0.15) is 0 Å². The van der Waals surface area contributed by atoms with Gasteiger partial charge >= 0.3 is 0 Å². The molecule has 0 radical (unpaired) electrons. The number of anilines is 1. The molecule has 0 spiro atoms. The largest absolute Gasteiger partial charge is 0.324 e. The third-order valence-electron chi connectivity index (χ3n) is 5.26. The number of hydrogen-bond acceptors (Lipinski definition) is 6. The van der Waals surface area contributed by atoms with Crippen LogP contribution in [0.25, 0.3) is 5.69 Å². The van der Waals surface area contributed by atoms with E-state index in [4.69, 9.17) is 0 Å². The number of aryl methyl sites for hydroxylation is 3. The standard InChI is InChI=1S/C21H22N6O2S/c1-13-4-6-17(9-14(13)2)23-20(28)19-10-30-12-26(19)21(29)16-5-7-18(15(3)8-16)27-11-22-24-25-27/h4-9,11,19H,10,12H2,1-3H3,(H,23,28). The summed E-state index contributed by atoms with van der Waals surface area (Å²) in [7, 11) is 0. The summed E-state index contributed by atoms with van der Waals surface area (Å²) in [5, 5.41) is 14.1. The van der Waals surface area contributed by atoms with Gasteiger partial charge in [0, 0.05) is 17.0 Å². The number of tetrazole rings is 1. The van der Waals surface area contributed by atoms with Crippen LogP contribution in [0.15, 0.2) is 42.7 Å². The normalized spacial score (nSPS) is 16.0. The van der Waals surface area contributed by atoms with Crippen LogP contribution in [0.3, 0.4) is 0 Å². The van der Waals surface area contributed by atoms with Gasteiger partial charge in [-0.15, -0.1) is 16.9 Å². The Morgan fingerprint density at radius 3 is 2.60 bits per heavy atom. The molecule has 0 bridgehead atoms. The molecule has 2 amide bonds. The highest BCUT2D eigenvalue weighted by Crippen LogP contribution is 2.26. The zero-order valence-corrected chi connectivity index (χ0v) is 17.8. The molecule has 1 N–H and O–H groups in total. The van der Waals surface area contributed by atoms with E-state index in [2.05, 4.69) is 20.8 Å². The Hall–Kier alpha value is -3.20. The van der Waals surface area contributed by atoms with E-state index in [1.165, 1.54) is 11.9 Å². The lowest BCUT2D eigenvalue weighted by molar-refractivity contribution is -0.119. The van der Waals surface area contributed by atoms with E-state index in [1.54, 1.807) is 33.5 Å². The monoisotopic (exact) mass is 422 g/mol. The predicted octanol–water partition coefficient (Wildman–Crippen LogP) is 2.74. The Balaban J connectivity index is 1.51. The highest BCUT2D eigenvalue weighted by molar-refractivity contribution is 7.99. The van der Waals surface area contributed by atoms with Crippen molar-refractivity contribution in [1.82, 2.24) is 25.1 Å². The summed E-state index contributed by atoms with van der Waals surface area (Å²) in [6, 6.07) is 10.7. The molecule has 2 heterocycles. The zero-order chi connectivity index (χ0) is 21.3. The van der Waals surface area contributed by atoms with Crippen molar-refractivity contribution < 1.29 is 9.59 Å². The minimum Gasteiger partial charge on any atom is -0.324 e. The summed E-state index contributed by atoms with van der Waals surface area (Å²) in [4.78, 5) is 27.7. The molecular weight excluding hydrogens is 400 g/mol. The maximum atomic E-state index is 13.1. The van der Waals surface area contributed by atoms with Gasteiger partial charge in [-0.25, -0.2) is 4.68 Å². The number of rotatable bonds is 4. The van der Waals surface area contributed by atoms with E-state index in [9.17, 15) is 9.59 Å². The lowest BCUT2D eigenvalue weighted by Crippen LogP contribution is -2.44. The highest BCUT2D eigenvalue weighted by atomic mass is 32.2. The van der Waals surface area contributed by atoms with Gasteiger partial charge < -0.3 is 10.2 Å². The van der Waals surface area contributed by atoms with Crippen LogP contribution in [0.1, 0.15) is 27.0 Å². The van der Waals surface area contributed by atoms with Gasteiger partial charge in [-0.05, 0) is 78.2 Å². The Labute approximate surface area is 178 Å². The van der Waals surface area contributed by atoms with Crippen LogP contribution in [0, 0.1) is 20.8 Å². The third kappa shape index (κ3) is 3.93. The Bertz CT molecular complexity index is 1100. The number of hydrogen-bond donors (Lipinski definition) is 1. The second kappa shape index (κ2) is 8.27. The molecule has 1 saturated heterocycles. The summed E-state index contributed by atoms with van der Waals surface area (Å²) in [5.41, 5.74) is 5.23. The SMILES string of the molecule is Cc1ccc(NC(=O)C2CSCN2C(=O)c2ccc(-n3cnnn3)c(C)c2)cc1C. The number of carbonyl (C=O) groups excluding carboxylic acids is 2. The van der Waals surface area contributed by atoms with Crippen molar-refractivity contribution in [2.45, 2.75) is 26.8 Å². The van der Waals surface area contributed by atoms with Crippen molar-refractivity contribution in [3.63, 3.8) is 0 Å². The van der Waals surface area contributed by atoms with E-state index in [0.29, 0.717) is 17.2 Å². The van der Waals surface area contributed by atoms with Crippen LogP contribution < -0.4 is 5.32 Å². The summed E-state index contributed by atoms with van der Waals surface area (Å²) in [5.74, 6) is 0.729. The zero-order valence-electron chi connectivity index (χ0n) is 17.0. The van der Waals surface area contributed by atoms with E-state index in [0.717, 1.165) is 22.5 Å². The average molecular weight is 423 g/mol. The summed E-state index contributed by atoms with van der Waals surface area (Å²) in [6.45, 7) is 5.94. The first-order valence-corrected chi connectivity index (χ1v) is 10.7. The smallest absolute Gasteiger partial charge is 0.255 e. The summed E-state index contributed by atoms with van der Waals surface area (Å²) < 4.78 is 1.55. The van der Waals surface area contributed by atoms with Crippen LogP contribution in [0.5, 0.6) is 0 Å². The quantitative estimate of drug-likeness (QED) is 0.695. The van der Waals surface area contributed by atoms with Gasteiger partial charge in [0.15, 0.2) is 0 Å². The van der Waals surface area contributed by atoms with Crippen molar-refractivity contribution in [2.24, 2.45) is 0 Å². The molecule has 8 nitrogen and oxygen atoms in total. The number of benzene rings is 2. The van der Waals surface area contributed by atoms with Gasteiger partial charge in [-0.3, -0.25) is 9.59 Å². The molecule has 1 unspecified atom stereocenters. The predicted molar refractivity (Wildman–Crippen MR) is 116 cm³/mol. The molecule has 1 atom stereocenters. The molecule has 1 aromatic heterocycles. The van der Waals surface area contributed by atoms with Crippen LogP contribution in [-0.2, 0) is 4.79 Å². The molecule has 1 fully saturated rings. The maximum Gasteiger partial charge on any atom is 0.255 e.